The van der Waals surface area contributed by atoms with Crippen molar-refractivity contribution in [2.45, 2.75) is 12.6 Å². The molecule has 1 atom stereocenters. The average Bonchev–Trinajstić information content (AvgIpc) is 3.12. The van der Waals surface area contributed by atoms with Crippen LogP contribution in [0.25, 0.3) is 0 Å². The topological polar surface area (TPSA) is 54.3 Å². The van der Waals surface area contributed by atoms with Gasteiger partial charge >= 0.3 is 0 Å². The van der Waals surface area contributed by atoms with Gasteiger partial charge in [-0.05, 0) is 23.8 Å². The normalized spacial score (nSPS) is 15.2. The van der Waals surface area contributed by atoms with E-state index in [9.17, 15) is 9.59 Å². The molecule has 5 nitrogen and oxygen atoms in total. The van der Waals surface area contributed by atoms with Gasteiger partial charge in [0.1, 0.15) is 6.04 Å². The van der Waals surface area contributed by atoms with Crippen LogP contribution < -0.4 is 5.32 Å². The van der Waals surface area contributed by atoms with Gasteiger partial charge < -0.3 is 14.8 Å². The third-order valence-corrected chi connectivity index (χ3v) is 5.06. The third-order valence-electron chi connectivity index (χ3n) is 5.06. The number of aromatic nitrogens is 1. The van der Waals surface area contributed by atoms with Crippen molar-refractivity contribution in [3.05, 3.63) is 102 Å². The number of anilines is 1. The van der Waals surface area contributed by atoms with Crippen molar-refractivity contribution >= 4 is 17.3 Å². The maximum atomic E-state index is 13.3. The molecule has 1 aromatic heterocycles. The number of hydrogen-bond donors (Lipinski definition) is 1. The molecule has 3 aromatic rings. The SMILES string of the molecule is CN(C)C=CC(=O)c1ccc(C(=O)C2Nc3ccccc3Cn3cccc32)cc1. The maximum absolute atomic E-state index is 13.3. The number of carbonyl (C=O) groups excluding carboxylic acids is 2. The Morgan fingerprint density at radius 2 is 1.72 bits per heavy atom. The summed E-state index contributed by atoms with van der Waals surface area (Å²) in [5, 5.41) is 3.42. The zero-order valence-electron chi connectivity index (χ0n) is 16.5. The van der Waals surface area contributed by atoms with Crippen molar-refractivity contribution in [3.8, 4) is 0 Å². The Morgan fingerprint density at radius 1 is 1.00 bits per heavy atom. The first-order chi connectivity index (χ1) is 14.0. The van der Waals surface area contributed by atoms with Crippen LogP contribution in [0.15, 0.2) is 79.1 Å². The van der Waals surface area contributed by atoms with Crippen molar-refractivity contribution in [1.82, 2.24) is 9.47 Å². The van der Waals surface area contributed by atoms with E-state index < -0.39 is 6.04 Å². The molecule has 0 radical (unpaired) electrons. The van der Waals surface area contributed by atoms with E-state index >= 15 is 0 Å². The van der Waals surface area contributed by atoms with E-state index in [-0.39, 0.29) is 11.6 Å². The zero-order valence-corrected chi connectivity index (χ0v) is 16.5. The lowest BCUT2D eigenvalue weighted by molar-refractivity contribution is 0.0965. The Morgan fingerprint density at radius 3 is 2.48 bits per heavy atom. The summed E-state index contributed by atoms with van der Waals surface area (Å²) in [6.07, 6.45) is 5.23. The summed E-state index contributed by atoms with van der Waals surface area (Å²) in [6, 6.07) is 18.4. The molecule has 4 rings (SSSR count). The number of ketones is 2. The second kappa shape index (κ2) is 7.80. The zero-order chi connectivity index (χ0) is 20.4. The predicted molar refractivity (Wildman–Crippen MR) is 114 cm³/mol. The third kappa shape index (κ3) is 3.85. The lowest BCUT2D eigenvalue weighted by Crippen LogP contribution is -2.22. The first-order valence-corrected chi connectivity index (χ1v) is 9.55. The number of rotatable bonds is 5. The molecule has 0 amide bonds. The summed E-state index contributed by atoms with van der Waals surface area (Å²) in [5.41, 5.74) is 4.18. The van der Waals surface area contributed by atoms with E-state index in [4.69, 9.17) is 0 Å². The molecule has 2 aromatic carbocycles. The van der Waals surface area contributed by atoms with Crippen molar-refractivity contribution in [2.75, 3.05) is 19.4 Å². The Hall–Kier alpha value is -3.60. The van der Waals surface area contributed by atoms with Crippen LogP contribution in [0, 0.1) is 0 Å². The minimum absolute atomic E-state index is 0.0236. The number of benzene rings is 2. The van der Waals surface area contributed by atoms with E-state index in [1.807, 2.05) is 50.6 Å². The van der Waals surface area contributed by atoms with Gasteiger partial charge in [-0.15, -0.1) is 0 Å². The van der Waals surface area contributed by atoms with Crippen LogP contribution in [0.5, 0.6) is 0 Å². The van der Waals surface area contributed by atoms with E-state index in [0.717, 1.165) is 23.5 Å². The summed E-state index contributed by atoms with van der Waals surface area (Å²) < 4.78 is 2.10. The first-order valence-electron chi connectivity index (χ1n) is 9.55. The molecule has 0 spiro atoms. The minimum Gasteiger partial charge on any atom is -0.383 e. The van der Waals surface area contributed by atoms with Gasteiger partial charge in [0.25, 0.3) is 0 Å². The number of hydrogen-bond acceptors (Lipinski definition) is 4. The Kier molecular flexibility index (Phi) is 5.04. The molecule has 0 bridgehead atoms. The highest BCUT2D eigenvalue weighted by Gasteiger charge is 2.27. The minimum atomic E-state index is -0.483. The van der Waals surface area contributed by atoms with Gasteiger partial charge in [0.15, 0.2) is 11.6 Å². The number of Topliss-reactive ketones (excluding diaryl/α,β-unsaturated/α-hetero) is 1. The summed E-state index contributed by atoms with van der Waals surface area (Å²) in [4.78, 5) is 27.4. The van der Waals surface area contributed by atoms with Gasteiger partial charge in [0.05, 0.1) is 0 Å². The highest BCUT2D eigenvalue weighted by molar-refractivity contribution is 6.06. The smallest absolute Gasteiger partial charge is 0.191 e. The van der Waals surface area contributed by atoms with Crippen molar-refractivity contribution in [3.63, 3.8) is 0 Å². The highest BCUT2D eigenvalue weighted by Crippen LogP contribution is 2.31. The molecule has 0 aliphatic carbocycles. The van der Waals surface area contributed by atoms with Crippen molar-refractivity contribution in [2.24, 2.45) is 0 Å². The predicted octanol–water partition coefficient (Wildman–Crippen LogP) is 4.14. The fourth-order valence-electron chi connectivity index (χ4n) is 3.52. The molecule has 0 saturated carbocycles. The second-order valence-electron chi connectivity index (χ2n) is 7.38. The van der Waals surface area contributed by atoms with E-state index in [1.54, 1.807) is 35.4 Å². The van der Waals surface area contributed by atoms with Gasteiger partial charge in [-0.25, -0.2) is 0 Å². The summed E-state index contributed by atoms with van der Waals surface area (Å²) >= 11 is 0. The maximum Gasteiger partial charge on any atom is 0.191 e. The van der Waals surface area contributed by atoms with Crippen LogP contribution in [-0.2, 0) is 6.54 Å². The lowest BCUT2D eigenvalue weighted by atomic mass is 9.99. The lowest BCUT2D eigenvalue weighted by Gasteiger charge is -2.18. The molecule has 0 saturated heterocycles. The molecule has 1 aliphatic rings. The Labute approximate surface area is 170 Å². The van der Waals surface area contributed by atoms with Crippen molar-refractivity contribution < 1.29 is 9.59 Å². The van der Waals surface area contributed by atoms with E-state index in [0.29, 0.717) is 11.1 Å². The summed E-state index contributed by atoms with van der Waals surface area (Å²) in [7, 11) is 3.72. The Bertz CT molecular complexity index is 1080. The quantitative estimate of drug-likeness (QED) is 0.530. The van der Waals surface area contributed by atoms with Crippen LogP contribution >= 0.6 is 0 Å². The van der Waals surface area contributed by atoms with Crippen LogP contribution in [0.4, 0.5) is 5.69 Å². The highest BCUT2D eigenvalue weighted by atomic mass is 16.1. The van der Waals surface area contributed by atoms with Crippen molar-refractivity contribution in [1.29, 1.82) is 0 Å². The van der Waals surface area contributed by atoms with Crippen LogP contribution in [0.1, 0.15) is 38.0 Å². The van der Waals surface area contributed by atoms with Gasteiger partial charge in [0, 0.05) is 61.6 Å². The Balaban J connectivity index is 1.62. The molecule has 29 heavy (non-hydrogen) atoms. The molecule has 2 heterocycles. The fraction of sp³-hybridized carbons (Fsp3) is 0.167. The van der Waals surface area contributed by atoms with Gasteiger partial charge in [-0.3, -0.25) is 9.59 Å². The second-order valence-corrected chi connectivity index (χ2v) is 7.38. The molecule has 1 unspecified atom stereocenters. The van der Waals surface area contributed by atoms with Crippen LogP contribution in [0.2, 0.25) is 0 Å². The van der Waals surface area contributed by atoms with Gasteiger partial charge in [-0.2, -0.15) is 0 Å². The number of nitrogens with zero attached hydrogens (tertiary/aromatic N) is 2. The first kappa shape index (κ1) is 18.7. The number of nitrogens with one attached hydrogen (secondary N) is 1. The average molecular weight is 385 g/mol. The number of carbonyl (C=O) groups is 2. The van der Waals surface area contributed by atoms with Crippen LogP contribution in [-0.4, -0.2) is 35.1 Å². The molecular weight excluding hydrogens is 362 g/mol. The largest absolute Gasteiger partial charge is 0.383 e. The number of fused-ring (bicyclic) bond motifs is 2. The molecule has 0 fully saturated rings. The monoisotopic (exact) mass is 385 g/mol. The van der Waals surface area contributed by atoms with E-state index in [1.165, 1.54) is 6.08 Å². The van der Waals surface area contributed by atoms with E-state index in [2.05, 4.69) is 16.0 Å². The van der Waals surface area contributed by atoms with Gasteiger partial charge in [-0.1, -0.05) is 42.5 Å². The summed E-state index contributed by atoms with van der Waals surface area (Å²) in [5.74, 6) is -0.113. The molecule has 1 N–H and O–H groups in total. The van der Waals surface area contributed by atoms with Gasteiger partial charge in [0.2, 0.25) is 0 Å². The fourth-order valence-corrected chi connectivity index (χ4v) is 3.52. The molecule has 146 valence electrons. The number of para-hydroxylation sites is 1. The number of allylic oxidation sites excluding steroid dienone is 1. The van der Waals surface area contributed by atoms with Crippen LogP contribution in [0.3, 0.4) is 0 Å². The molecule has 1 aliphatic heterocycles. The molecular formula is C24H23N3O2. The summed E-state index contributed by atoms with van der Waals surface area (Å²) in [6.45, 7) is 0.723. The molecule has 5 heteroatoms. The standard InChI is InChI=1S/C24H23N3O2/c1-26(2)15-13-22(28)17-9-11-18(12-10-17)24(29)23-21-8-5-14-27(21)16-19-6-3-4-7-20(19)25-23/h3-15,23,25H,16H2,1-2H3.